The van der Waals surface area contributed by atoms with Gasteiger partial charge in [-0.05, 0) is 61.9 Å². The summed E-state index contributed by atoms with van der Waals surface area (Å²) in [7, 11) is -0.693. The van der Waals surface area contributed by atoms with Gasteiger partial charge in [0.1, 0.15) is 5.75 Å². The fourth-order valence-corrected chi connectivity index (χ4v) is 3.47. The van der Waals surface area contributed by atoms with Gasteiger partial charge in [0.15, 0.2) is 0 Å². The summed E-state index contributed by atoms with van der Waals surface area (Å²) in [6.07, 6.45) is 0.840. The van der Waals surface area contributed by atoms with Gasteiger partial charge in [-0.15, -0.1) is 0 Å². The van der Waals surface area contributed by atoms with E-state index in [-0.39, 0.29) is 16.8 Å². The number of hydrogen-bond donors (Lipinski definition) is 1. The van der Waals surface area contributed by atoms with Crippen LogP contribution < -0.4 is 14.4 Å². The average Bonchev–Trinajstić information content (AvgIpc) is 2.67. The van der Waals surface area contributed by atoms with Crippen molar-refractivity contribution in [2.24, 2.45) is 0 Å². The van der Waals surface area contributed by atoms with Crippen molar-refractivity contribution in [1.29, 1.82) is 0 Å². The van der Waals surface area contributed by atoms with Crippen molar-refractivity contribution in [1.82, 2.24) is 5.32 Å². The summed E-state index contributed by atoms with van der Waals surface area (Å²) in [6, 6.07) is 12.8. The van der Waals surface area contributed by atoms with Crippen molar-refractivity contribution >= 4 is 21.6 Å². The molecular weight excluding hydrogens is 352 g/mol. The lowest BCUT2D eigenvalue weighted by Gasteiger charge is -2.20. The van der Waals surface area contributed by atoms with Crippen molar-refractivity contribution in [2.75, 3.05) is 18.5 Å². The van der Waals surface area contributed by atoms with Crippen molar-refractivity contribution in [3.05, 3.63) is 54.1 Å². The molecule has 0 aliphatic rings. The minimum atomic E-state index is -3.70. The minimum absolute atomic E-state index is 0.0836. The molecule has 0 saturated carbocycles. The molecule has 0 aliphatic carbocycles. The van der Waals surface area contributed by atoms with Gasteiger partial charge in [0, 0.05) is 18.7 Å². The van der Waals surface area contributed by atoms with Gasteiger partial charge in [0.2, 0.25) is 0 Å². The maximum absolute atomic E-state index is 12.7. The predicted octanol–water partition coefficient (Wildman–Crippen LogP) is 3.05. The van der Waals surface area contributed by atoms with E-state index in [1.165, 1.54) is 30.6 Å². The van der Waals surface area contributed by atoms with Crippen molar-refractivity contribution in [3.8, 4) is 5.75 Å². The van der Waals surface area contributed by atoms with Crippen LogP contribution in [0.3, 0.4) is 0 Å². The van der Waals surface area contributed by atoms with E-state index in [9.17, 15) is 13.2 Å². The van der Waals surface area contributed by atoms with Gasteiger partial charge in [0.25, 0.3) is 15.9 Å². The van der Waals surface area contributed by atoms with Crippen LogP contribution >= 0.6 is 0 Å². The number of sulfonamides is 1. The number of nitrogens with zero attached hydrogens (tertiary/aromatic N) is 1. The number of nitrogens with one attached hydrogen (secondary N) is 1. The molecule has 0 aliphatic heterocycles. The zero-order valence-corrected chi connectivity index (χ0v) is 16.2. The van der Waals surface area contributed by atoms with Crippen LogP contribution in [-0.4, -0.2) is 34.5 Å². The minimum Gasteiger partial charge on any atom is -0.497 e. The second-order valence-corrected chi connectivity index (χ2v) is 7.95. The Morgan fingerprint density at radius 3 is 2.19 bits per heavy atom. The second-order valence-electron chi connectivity index (χ2n) is 5.98. The third-order valence-corrected chi connectivity index (χ3v) is 6.00. The lowest BCUT2D eigenvalue weighted by molar-refractivity contribution is 0.0939. The highest BCUT2D eigenvalue weighted by atomic mass is 32.2. The normalized spacial score (nSPS) is 12.3. The fourth-order valence-electron chi connectivity index (χ4n) is 2.28. The van der Waals surface area contributed by atoms with E-state index in [0.717, 1.165) is 6.42 Å². The van der Waals surface area contributed by atoms with Crippen LogP contribution in [0.5, 0.6) is 5.75 Å². The first-order valence-electron chi connectivity index (χ1n) is 8.33. The molecule has 2 aromatic rings. The molecule has 0 spiro atoms. The van der Waals surface area contributed by atoms with E-state index in [0.29, 0.717) is 17.0 Å². The third kappa shape index (κ3) is 4.35. The molecule has 1 atom stereocenters. The second kappa shape index (κ2) is 8.23. The molecule has 0 fully saturated rings. The van der Waals surface area contributed by atoms with Crippen LogP contribution in [0.2, 0.25) is 0 Å². The molecule has 1 N–H and O–H groups in total. The van der Waals surface area contributed by atoms with E-state index in [2.05, 4.69) is 5.32 Å². The number of carbonyl (C=O) groups excluding carboxylic acids is 1. The molecule has 0 aromatic heterocycles. The van der Waals surface area contributed by atoms with Gasteiger partial charge in [-0.25, -0.2) is 8.42 Å². The molecule has 0 saturated heterocycles. The topological polar surface area (TPSA) is 75.7 Å². The molecule has 140 valence electrons. The molecule has 2 rings (SSSR count). The first-order chi connectivity index (χ1) is 12.3. The molecular formula is C19H24N2O4S. The van der Waals surface area contributed by atoms with Crippen molar-refractivity contribution in [3.63, 3.8) is 0 Å². The smallest absolute Gasteiger partial charge is 0.264 e. The van der Waals surface area contributed by atoms with E-state index in [1.807, 2.05) is 13.8 Å². The average molecular weight is 376 g/mol. The van der Waals surface area contributed by atoms with Gasteiger partial charge in [-0.3, -0.25) is 9.10 Å². The molecule has 0 bridgehead atoms. The number of amides is 1. The summed E-state index contributed by atoms with van der Waals surface area (Å²) >= 11 is 0. The Morgan fingerprint density at radius 1 is 1.12 bits per heavy atom. The monoisotopic (exact) mass is 376 g/mol. The zero-order chi connectivity index (χ0) is 19.3. The highest BCUT2D eigenvalue weighted by molar-refractivity contribution is 7.92. The number of anilines is 1. The third-order valence-electron chi connectivity index (χ3n) is 4.20. The molecule has 1 amide bonds. The summed E-state index contributed by atoms with van der Waals surface area (Å²) in [4.78, 5) is 12.3. The zero-order valence-electron chi connectivity index (χ0n) is 15.4. The summed E-state index contributed by atoms with van der Waals surface area (Å²) < 4.78 is 31.7. The lowest BCUT2D eigenvalue weighted by Crippen LogP contribution is -2.32. The summed E-state index contributed by atoms with van der Waals surface area (Å²) in [5.41, 5.74) is 0.963. The molecule has 7 heteroatoms. The van der Waals surface area contributed by atoms with Crippen LogP contribution in [0.25, 0.3) is 0 Å². The van der Waals surface area contributed by atoms with E-state index in [4.69, 9.17) is 4.74 Å². The maximum atomic E-state index is 12.7. The number of hydrogen-bond acceptors (Lipinski definition) is 4. The van der Waals surface area contributed by atoms with Crippen LogP contribution in [0.4, 0.5) is 5.69 Å². The Labute approximate surface area is 154 Å². The summed E-state index contributed by atoms with van der Waals surface area (Å²) in [5.74, 6) is 0.412. The molecule has 1 unspecified atom stereocenters. The first-order valence-corrected chi connectivity index (χ1v) is 9.77. The van der Waals surface area contributed by atoms with E-state index >= 15 is 0 Å². The van der Waals surface area contributed by atoms with Gasteiger partial charge in [-0.1, -0.05) is 6.92 Å². The Hall–Kier alpha value is -2.54. The highest BCUT2D eigenvalue weighted by Crippen LogP contribution is 2.24. The van der Waals surface area contributed by atoms with Crippen LogP contribution in [-0.2, 0) is 10.0 Å². The van der Waals surface area contributed by atoms with Crippen molar-refractivity contribution in [2.45, 2.75) is 31.2 Å². The Morgan fingerprint density at radius 2 is 1.69 bits per heavy atom. The number of methoxy groups -OCH3 is 1. The van der Waals surface area contributed by atoms with E-state index < -0.39 is 10.0 Å². The summed E-state index contributed by atoms with van der Waals surface area (Å²) in [6.45, 7) is 3.93. The van der Waals surface area contributed by atoms with Crippen LogP contribution in [0.1, 0.15) is 30.6 Å². The van der Waals surface area contributed by atoms with Gasteiger partial charge in [-0.2, -0.15) is 0 Å². The quantitative estimate of drug-likeness (QED) is 0.806. The van der Waals surface area contributed by atoms with Crippen LogP contribution in [0, 0.1) is 0 Å². The van der Waals surface area contributed by atoms with E-state index in [1.54, 1.807) is 36.4 Å². The lowest BCUT2D eigenvalue weighted by atomic mass is 10.1. The number of rotatable bonds is 7. The highest BCUT2D eigenvalue weighted by Gasteiger charge is 2.21. The molecule has 2 aromatic carbocycles. The largest absolute Gasteiger partial charge is 0.497 e. The number of benzene rings is 2. The predicted molar refractivity (Wildman–Crippen MR) is 102 cm³/mol. The first kappa shape index (κ1) is 19.8. The maximum Gasteiger partial charge on any atom is 0.264 e. The summed E-state index contributed by atoms with van der Waals surface area (Å²) in [5, 5.41) is 2.88. The number of carbonyl (C=O) groups is 1. The fraction of sp³-hybridized carbons (Fsp3) is 0.316. The molecule has 6 nitrogen and oxygen atoms in total. The number of ether oxygens (including phenoxy) is 1. The molecule has 0 heterocycles. The SMILES string of the molecule is CCC(C)NC(=O)c1ccc(N(C)S(=O)(=O)c2ccc(OC)cc2)cc1. The Balaban J connectivity index is 2.20. The standard InChI is InChI=1S/C19H24N2O4S/c1-5-14(2)20-19(22)15-6-8-16(9-7-15)21(3)26(23,24)18-12-10-17(25-4)11-13-18/h6-14H,5H2,1-4H3,(H,20,22). The van der Waals surface area contributed by atoms with Crippen LogP contribution in [0.15, 0.2) is 53.4 Å². The van der Waals surface area contributed by atoms with Gasteiger partial charge >= 0.3 is 0 Å². The Bertz CT molecular complexity index is 846. The van der Waals surface area contributed by atoms with Crippen molar-refractivity contribution < 1.29 is 17.9 Å². The molecule has 0 radical (unpaired) electrons. The molecule has 26 heavy (non-hydrogen) atoms. The Kier molecular flexibility index (Phi) is 6.26. The van der Waals surface area contributed by atoms with Gasteiger partial charge < -0.3 is 10.1 Å². The van der Waals surface area contributed by atoms with Gasteiger partial charge in [0.05, 0.1) is 17.7 Å².